The number of benzene rings is 2. The van der Waals surface area contributed by atoms with Crippen LogP contribution in [0.15, 0.2) is 48.2 Å². The lowest BCUT2D eigenvalue weighted by Gasteiger charge is -2.37. The molecular weight excluding hydrogens is 424 g/mol. The van der Waals surface area contributed by atoms with E-state index >= 15 is 0 Å². The van der Waals surface area contributed by atoms with Crippen LogP contribution < -0.4 is 14.2 Å². The van der Waals surface area contributed by atoms with Gasteiger partial charge in [0.15, 0.2) is 11.5 Å². The summed E-state index contributed by atoms with van der Waals surface area (Å²) in [6.45, 7) is 5.34. The molecule has 0 bridgehead atoms. The maximum atomic E-state index is 13.7. The highest BCUT2D eigenvalue weighted by Crippen LogP contribution is 2.37. The highest BCUT2D eigenvalue weighted by Gasteiger charge is 2.43. The predicted octanol–water partition coefficient (Wildman–Crippen LogP) is 2.81. The van der Waals surface area contributed by atoms with Crippen LogP contribution in [0.5, 0.6) is 17.2 Å². The van der Waals surface area contributed by atoms with Crippen LogP contribution in [0.4, 0.5) is 0 Å². The molecule has 3 heterocycles. The van der Waals surface area contributed by atoms with Crippen LogP contribution in [0.1, 0.15) is 25.0 Å². The van der Waals surface area contributed by atoms with Crippen molar-refractivity contribution in [2.24, 2.45) is 0 Å². The largest absolute Gasteiger partial charge is 0.497 e. The standard InChI is InChI=1S/C25H26N2O6/c1-15-11-26(12-16(2)33-15)23-22(18-5-7-19(30-3)8-6-18)24(28)27(25(23)29)13-17-4-9-20-21(10-17)32-14-31-20/h4-10,15-16H,11-14H2,1-3H3. The van der Waals surface area contributed by atoms with Gasteiger partial charge in [-0.3, -0.25) is 14.5 Å². The van der Waals surface area contributed by atoms with Gasteiger partial charge in [-0.15, -0.1) is 0 Å². The normalized spacial score (nSPS) is 22.4. The van der Waals surface area contributed by atoms with Crippen molar-refractivity contribution >= 4 is 17.4 Å². The molecule has 172 valence electrons. The minimum Gasteiger partial charge on any atom is -0.497 e. The summed E-state index contributed by atoms with van der Waals surface area (Å²) in [4.78, 5) is 30.6. The third-order valence-electron chi connectivity index (χ3n) is 6.04. The monoisotopic (exact) mass is 450 g/mol. The second kappa shape index (κ2) is 8.44. The first-order chi connectivity index (χ1) is 15.9. The fraction of sp³-hybridized carbons (Fsp3) is 0.360. The van der Waals surface area contributed by atoms with Gasteiger partial charge in [0.1, 0.15) is 11.4 Å². The van der Waals surface area contributed by atoms with E-state index in [0.29, 0.717) is 47.2 Å². The zero-order valence-electron chi connectivity index (χ0n) is 18.9. The van der Waals surface area contributed by atoms with E-state index in [4.69, 9.17) is 18.9 Å². The number of hydrogen-bond acceptors (Lipinski definition) is 7. The summed E-state index contributed by atoms with van der Waals surface area (Å²) in [5.41, 5.74) is 2.31. The molecule has 8 nitrogen and oxygen atoms in total. The summed E-state index contributed by atoms with van der Waals surface area (Å²) in [5, 5.41) is 0. The molecular formula is C25H26N2O6. The van der Waals surface area contributed by atoms with Crippen molar-refractivity contribution in [3.05, 3.63) is 59.3 Å². The van der Waals surface area contributed by atoms with Crippen molar-refractivity contribution in [1.29, 1.82) is 0 Å². The van der Waals surface area contributed by atoms with E-state index in [1.165, 1.54) is 4.90 Å². The Morgan fingerprint density at radius 2 is 1.64 bits per heavy atom. The van der Waals surface area contributed by atoms with Crippen molar-refractivity contribution in [3.8, 4) is 17.2 Å². The lowest BCUT2D eigenvalue weighted by Crippen LogP contribution is -2.46. The number of fused-ring (bicyclic) bond motifs is 1. The number of morpholine rings is 1. The zero-order valence-corrected chi connectivity index (χ0v) is 18.9. The van der Waals surface area contributed by atoms with Crippen molar-refractivity contribution in [2.75, 3.05) is 27.0 Å². The number of carbonyl (C=O) groups excluding carboxylic acids is 2. The smallest absolute Gasteiger partial charge is 0.278 e. The van der Waals surface area contributed by atoms with E-state index in [1.807, 2.05) is 43.0 Å². The molecule has 0 N–H and O–H groups in total. The van der Waals surface area contributed by atoms with E-state index in [1.54, 1.807) is 25.3 Å². The molecule has 0 saturated carbocycles. The quantitative estimate of drug-likeness (QED) is 0.649. The van der Waals surface area contributed by atoms with Gasteiger partial charge in [-0.25, -0.2) is 0 Å². The third kappa shape index (κ3) is 3.91. The Labute approximate surface area is 192 Å². The number of ether oxygens (including phenoxy) is 4. The molecule has 0 aromatic heterocycles. The lowest BCUT2D eigenvalue weighted by atomic mass is 10.0. The summed E-state index contributed by atoms with van der Waals surface area (Å²) >= 11 is 0. The van der Waals surface area contributed by atoms with Crippen molar-refractivity contribution in [1.82, 2.24) is 9.80 Å². The molecule has 3 aliphatic heterocycles. The van der Waals surface area contributed by atoms with Crippen molar-refractivity contribution in [3.63, 3.8) is 0 Å². The number of methoxy groups -OCH3 is 1. The lowest BCUT2D eigenvalue weighted by molar-refractivity contribution is -0.139. The molecule has 0 aliphatic carbocycles. The first-order valence-electron chi connectivity index (χ1n) is 11.0. The molecule has 2 aromatic rings. The fourth-order valence-electron chi connectivity index (χ4n) is 4.60. The van der Waals surface area contributed by atoms with Crippen LogP contribution in [-0.4, -0.2) is 60.8 Å². The Bertz CT molecular complexity index is 1120. The SMILES string of the molecule is COc1ccc(C2=C(N3CC(C)OC(C)C3)C(=O)N(Cc3ccc4c(c3)OCO4)C2=O)cc1. The van der Waals surface area contributed by atoms with E-state index < -0.39 is 0 Å². The summed E-state index contributed by atoms with van der Waals surface area (Å²) in [6.07, 6.45) is -0.103. The predicted molar refractivity (Wildman–Crippen MR) is 120 cm³/mol. The average molecular weight is 450 g/mol. The Kier molecular flexibility index (Phi) is 5.46. The highest BCUT2D eigenvalue weighted by molar-refractivity contribution is 6.35. The van der Waals surface area contributed by atoms with Gasteiger partial charge in [0, 0.05) is 13.1 Å². The Morgan fingerprint density at radius 3 is 2.33 bits per heavy atom. The van der Waals surface area contributed by atoms with Crippen LogP contribution in [0.2, 0.25) is 0 Å². The van der Waals surface area contributed by atoms with Crippen LogP contribution in [0.25, 0.3) is 5.57 Å². The number of rotatable bonds is 5. The van der Waals surface area contributed by atoms with Gasteiger partial charge < -0.3 is 23.8 Å². The van der Waals surface area contributed by atoms with Crippen LogP contribution >= 0.6 is 0 Å². The van der Waals surface area contributed by atoms with Crippen LogP contribution in [0, 0.1) is 0 Å². The number of imide groups is 1. The topological polar surface area (TPSA) is 77.5 Å². The van der Waals surface area contributed by atoms with Crippen molar-refractivity contribution in [2.45, 2.75) is 32.6 Å². The van der Waals surface area contributed by atoms with Gasteiger partial charge in [0.05, 0.1) is 31.4 Å². The summed E-state index contributed by atoms with van der Waals surface area (Å²) in [7, 11) is 1.59. The molecule has 5 rings (SSSR count). The van der Waals surface area contributed by atoms with Crippen LogP contribution in [0.3, 0.4) is 0 Å². The number of carbonyl (C=O) groups is 2. The zero-order chi connectivity index (χ0) is 23.1. The van der Waals surface area contributed by atoms with Crippen LogP contribution in [-0.2, 0) is 20.9 Å². The second-order valence-electron chi connectivity index (χ2n) is 8.50. The molecule has 2 unspecified atom stereocenters. The Hall–Kier alpha value is -3.52. The van der Waals surface area contributed by atoms with Gasteiger partial charge >= 0.3 is 0 Å². The molecule has 1 saturated heterocycles. The number of hydrogen-bond donors (Lipinski definition) is 0. The highest BCUT2D eigenvalue weighted by atomic mass is 16.7. The van der Waals surface area contributed by atoms with Gasteiger partial charge in [0.25, 0.3) is 11.8 Å². The number of nitrogens with zero attached hydrogens (tertiary/aromatic N) is 2. The fourth-order valence-corrected chi connectivity index (χ4v) is 4.60. The molecule has 2 atom stereocenters. The maximum absolute atomic E-state index is 13.7. The molecule has 1 fully saturated rings. The second-order valence-corrected chi connectivity index (χ2v) is 8.50. The van der Waals surface area contributed by atoms with Gasteiger partial charge in [-0.05, 0) is 49.2 Å². The molecule has 0 spiro atoms. The molecule has 2 aromatic carbocycles. The summed E-state index contributed by atoms with van der Waals surface area (Å²) in [6, 6.07) is 12.7. The third-order valence-corrected chi connectivity index (χ3v) is 6.04. The molecule has 33 heavy (non-hydrogen) atoms. The van der Waals surface area contributed by atoms with E-state index in [0.717, 1.165) is 5.56 Å². The molecule has 8 heteroatoms. The Morgan fingerprint density at radius 1 is 0.939 bits per heavy atom. The number of amides is 2. The van der Waals surface area contributed by atoms with Gasteiger partial charge in [0.2, 0.25) is 6.79 Å². The first kappa shape index (κ1) is 21.3. The Balaban J connectivity index is 1.51. The first-order valence-corrected chi connectivity index (χ1v) is 11.0. The van der Waals surface area contributed by atoms with Gasteiger partial charge in [-0.2, -0.15) is 0 Å². The van der Waals surface area contributed by atoms with Gasteiger partial charge in [-0.1, -0.05) is 18.2 Å². The summed E-state index contributed by atoms with van der Waals surface area (Å²) < 4.78 is 21.9. The maximum Gasteiger partial charge on any atom is 0.278 e. The van der Waals surface area contributed by atoms with E-state index in [-0.39, 0.29) is 37.4 Å². The summed E-state index contributed by atoms with van der Waals surface area (Å²) in [5.74, 6) is 1.34. The van der Waals surface area contributed by atoms with E-state index in [9.17, 15) is 9.59 Å². The minimum absolute atomic E-state index is 0.0517. The van der Waals surface area contributed by atoms with Crippen molar-refractivity contribution < 1.29 is 28.5 Å². The molecule has 3 aliphatic rings. The van der Waals surface area contributed by atoms with E-state index in [2.05, 4.69) is 0 Å². The average Bonchev–Trinajstić information content (AvgIpc) is 3.36. The molecule has 2 amide bonds. The molecule has 0 radical (unpaired) electrons. The minimum atomic E-state index is -0.315.